The Morgan fingerprint density at radius 3 is 2.17 bits per heavy atom. The van der Waals surface area contributed by atoms with Crippen LogP contribution in [0.5, 0.6) is 0 Å². The van der Waals surface area contributed by atoms with Crippen LogP contribution >= 0.6 is 11.6 Å². The molecule has 4 rings (SSSR count). The monoisotopic (exact) mass is 498 g/mol. The van der Waals surface area contributed by atoms with Crippen LogP contribution in [0.15, 0.2) is 78.9 Å². The molecule has 0 radical (unpaired) electrons. The van der Waals surface area contributed by atoms with Gasteiger partial charge in [-0.3, -0.25) is 9.59 Å². The first-order valence-electron chi connectivity index (χ1n) is 10.3. The lowest BCUT2D eigenvalue weighted by molar-refractivity contribution is -0.141. The number of para-hydroxylation sites is 1. The molecule has 0 aliphatic rings. The second-order valence-electron chi connectivity index (χ2n) is 7.57. The van der Waals surface area contributed by atoms with Gasteiger partial charge in [0.15, 0.2) is 5.69 Å². The third kappa shape index (κ3) is 5.52. The van der Waals surface area contributed by atoms with Crippen molar-refractivity contribution in [1.82, 2.24) is 9.78 Å². The van der Waals surface area contributed by atoms with Crippen molar-refractivity contribution < 1.29 is 22.8 Å². The number of carbonyl (C=O) groups is 2. The van der Waals surface area contributed by atoms with E-state index >= 15 is 0 Å². The zero-order chi connectivity index (χ0) is 25.2. The third-order valence-electron chi connectivity index (χ3n) is 4.96. The summed E-state index contributed by atoms with van der Waals surface area (Å²) < 4.78 is 41.3. The fourth-order valence-electron chi connectivity index (χ4n) is 3.41. The fourth-order valence-corrected chi connectivity index (χ4v) is 3.62. The summed E-state index contributed by atoms with van der Waals surface area (Å²) in [6, 6.07) is 20.1. The van der Waals surface area contributed by atoms with Crippen LogP contribution in [0.4, 0.5) is 24.5 Å². The standard InChI is InChI=1S/C25H18ClF3N4O2/c1-15(34)30-18-5-4-6-19(13-18)31-24(35)17-11-9-16(10-12-17)22-14-23(25(27,28)29)32-33(22)21-8-3-2-7-20(21)26/h2-14H,1H3,(H,30,34)(H,31,35). The average molecular weight is 499 g/mol. The molecule has 2 N–H and O–H groups in total. The topological polar surface area (TPSA) is 76.0 Å². The molecule has 6 nitrogen and oxygen atoms in total. The van der Waals surface area contributed by atoms with Gasteiger partial charge in [0.1, 0.15) is 0 Å². The van der Waals surface area contributed by atoms with Crippen LogP contribution in [0.2, 0.25) is 5.02 Å². The highest BCUT2D eigenvalue weighted by molar-refractivity contribution is 6.32. The summed E-state index contributed by atoms with van der Waals surface area (Å²) in [6.07, 6.45) is -4.65. The van der Waals surface area contributed by atoms with E-state index in [0.717, 1.165) is 10.7 Å². The summed E-state index contributed by atoms with van der Waals surface area (Å²) in [5.41, 5.74) is 1.10. The lowest BCUT2D eigenvalue weighted by Gasteiger charge is -2.10. The zero-order valence-electron chi connectivity index (χ0n) is 18.2. The summed E-state index contributed by atoms with van der Waals surface area (Å²) in [7, 11) is 0. The first-order chi connectivity index (χ1) is 16.6. The number of carbonyl (C=O) groups excluding carboxylic acids is 2. The lowest BCUT2D eigenvalue weighted by atomic mass is 10.1. The minimum absolute atomic E-state index is 0.167. The van der Waals surface area contributed by atoms with E-state index in [1.54, 1.807) is 48.5 Å². The summed E-state index contributed by atoms with van der Waals surface area (Å²) in [5, 5.41) is 9.32. The Balaban J connectivity index is 1.63. The molecule has 0 saturated heterocycles. The zero-order valence-corrected chi connectivity index (χ0v) is 19.0. The summed E-state index contributed by atoms with van der Waals surface area (Å²) in [4.78, 5) is 23.9. The highest BCUT2D eigenvalue weighted by Gasteiger charge is 2.35. The predicted molar refractivity (Wildman–Crippen MR) is 128 cm³/mol. The molecule has 1 heterocycles. The van der Waals surface area contributed by atoms with Crippen LogP contribution in [-0.2, 0) is 11.0 Å². The van der Waals surface area contributed by atoms with Crippen LogP contribution in [-0.4, -0.2) is 21.6 Å². The highest BCUT2D eigenvalue weighted by atomic mass is 35.5. The molecule has 0 spiro atoms. The van der Waals surface area contributed by atoms with Gasteiger partial charge in [-0.1, -0.05) is 41.9 Å². The maximum Gasteiger partial charge on any atom is 0.435 e. The second-order valence-corrected chi connectivity index (χ2v) is 7.98. The van der Waals surface area contributed by atoms with E-state index in [0.29, 0.717) is 28.2 Å². The van der Waals surface area contributed by atoms with Crippen molar-refractivity contribution in [3.8, 4) is 16.9 Å². The molecule has 1 aromatic heterocycles. The number of anilines is 2. The van der Waals surface area contributed by atoms with E-state index in [-0.39, 0.29) is 16.6 Å². The molecular weight excluding hydrogens is 481 g/mol. The van der Waals surface area contributed by atoms with Crippen molar-refractivity contribution in [2.75, 3.05) is 10.6 Å². The number of aromatic nitrogens is 2. The molecule has 0 fully saturated rings. The Morgan fingerprint density at radius 2 is 1.54 bits per heavy atom. The number of amides is 2. The van der Waals surface area contributed by atoms with Crippen molar-refractivity contribution in [3.63, 3.8) is 0 Å². The van der Waals surface area contributed by atoms with Crippen LogP contribution in [0, 0.1) is 0 Å². The minimum Gasteiger partial charge on any atom is -0.326 e. The maximum absolute atomic E-state index is 13.4. The van der Waals surface area contributed by atoms with Gasteiger partial charge in [-0.05, 0) is 48.5 Å². The van der Waals surface area contributed by atoms with E-state index < -0.39 is 17.8 Å². The van der Waals surface area contributed by atoms with Gasteiger partial charge >= 0.3 is 6.18 Å². The molecule has 2 amide bonds. The number of alkyl halides is 3. The summed E-state index contributed by atoms with van der Waals surface area (Å²) in [5.74, 6) is -0.666. The number of hydrogen-bond acceptors (Lipinski definition) is 3. The Hall–Kier alpha value is -4.11. The third-order valence-corrected chi connectivity index (χ3v) is 5.28. The largest absolute Gasteiger partial charge is 0.435 e. The van der Waals surface area contributed by atoms with Gasteiger partial charge in [-0.25, -0.2) is 4.68 Å². The predicted octanol–water partition coefficient (Wildman–Crippen LogP) is 6.42. The van der Waals surface area contributed by atoms with E-state index in [1.807, 2.05) is 0 Å². The van der Waals surface area contributed by atoms with Gasteiger partial charge in [-0.15, -0.1) is 0 Å². The van der Waals surface area contributed by atoms with Gasteiger partial charge in [0.25, 0.3) is 5.91 Å². The van der Waals surface area contributed by atoms with Gasteiger partial charge in [0.05, 0.1) is 16.4 Å². The second kappa shape index (κ2) is 9.63. The highest BCUT2D eigenvalue weighted by Crippen LogP contribution is 2.34. The molecule has 0 unspecified atom stereocenters. The summed E-state index contributed by atoms with van der Waals surface area (Å²) in [6.45, 7) is 1.38. The first kappa shape index (κ1) is 24.0. The molecule has 35 heavy (non-hydrogen) atoms. The number of halogens is 4. The van der Waals surface area contributed by atoms with Crippen LogP contribution in [0.25, 0.3) is 16.9 Å². The van der Waals surface area contributed by atoms with E-state index in [9.17, 15) is 22.8 Å². The maximum atomic E-state index is 13.4. The average Bonchev–Trinajstić information content (AvgIpc) is 3.25. The molecule has 0 saturated carbocycles. The van der Waals surface area contributed by atoms with Crippen molar-refractivity contribution in [1.29, 1.82) is 0 Å². The van der Waals surface area contributed by atoms with Crippen molar-refractivity contribution in [2.24, 2.45) is 0 Å². The Labute approximate surface area is 203 Å². The molecule has 0 atom stereocenters. The van der Waals surface area contributed by atoms with Gasteiger partial charge in [0.2, 0.25) is 5.91 Å². The van der Waals surface area contributed by atoms with E-state index in [1.165, 1.54) is 31.2 Å². The minimum atomic E-state index is -4.65. The Kier molecular flexibility index (Phi) is 6.61. The van der Waals surface area contributed by atoms with E-state index in [2.05, 4.69) is 15.7 Å². The quantitative estimate of drug-likeness (QED) is 0.333. The molecule has 0 bridgehead atoms. The fraction of sp³-hybridized carbons (Fsp3) is 0.0800. The molecule has 0 aliphatic carbocycles. The molecule has 0 aliphatic heterocycles. The van der Waals surface area contributed by atoms with E-state index in [4.69, 9.17) is 11.6 Å². The van der Waals surface area contributed by atoms with Gasteiger partial charge < -0.3 is 10.6 Å². The van der Waals surface area contributed by atoms with Crippen molar-refractivity contribution in [3.05, 3.63) is 95.1 Å². The normalized spacial score (nSPS) is 11.2. The molecule has 10 heteroatoms. The van der Waals surface area contributed by atoms with Gasteiger partial charge in [0, 0.05) is 29.4 Å². The van der Waals surface area contributed by atoms with Crippen molar-refractivity contribution in [2.45, 2.75) is 13.1 Å². The number of rotatable bonds is 5. The van der Waals surface area contributed by atoms with Crippen LogP contribution in [0.3, 0.4) is 0 Å². The SMILES string of the molecule is CC(=O)Nc1cccc(NC(=O)c2ccc(-c3cc(C(F)(F)F)nn3-c3ccccc3Cl)cc2)c1. The Morgan fingerprint density at radius 1 is 0.886 bits per heavy atom. The van der Waals surface area contributed by atoms with Crippen molar-refractivity contribution >= 4 is 34.8 Å². The number of nitrogens with one attached hydrogen (secondary N) is 2. The molecular formula is C25H18ClF3N4O2. The molecule has 3 aromatic carbocycles. The lowest BCUT2D eigenvalue weighted by Crippen LogP contribution is -2.12. The smallest absolute Gasteiger partial charge is 0.326 e. The van der Waals surface area contributed by atoms with Gasteiger partial charge in [-0.2, -0.15) is 18.3 Å². The first-order valence-corrected chi connectivity index (χ1v) is 10.7. The number of nitrogens with zero attached hydrogens (tertiary/aromatic N) is 2. The van der Waals surface area contributed by atoms with Crippen LogP contribution in [0.1, 0.15) is 23.0 Å². The molecule has 178 valence electrons. The number of benzene rings is 3. The Bertz CT molecular complexity index is 1400. The molecule has 4 aromatic rings. The number of hydrogen-bond donors (Lipinski definition) is 2. The van der Waals surface area contributed by atoms with Crippen LogP contribution < -0.4 is 10.6 Å². The summed E-state index contributed by atoms with van der Waals surface area (Å²) >= 11 is 6.21.